The van der Waals surface area contributed by atoms with Gasteiger partial charge in [0.1, 0.15) is 17.1 Å². The van der Waals surface area contributed by atoms with Crippen LogP contribution in [0.5, 0.6) is 11.5 Å². The van der Waals surface area contributed by atoms with Crippen molar-refractivity contribution in [3.8, 4) is 11.5 Å². The van der Waals surface area contributed by atoms with E-state index in [0.717, 1.165) is 48.1 Å². The van der Waals surface area contributed by atoms with Gasteiger partial charge in [-0.3, -0.25) is 4.55 Å². The molecule has 0 aliphatic carbocycles. The summed E-state index contributed by atoms with van der Waals surface area (Å²) in [5.74, 6) is 0.940. The first kappa shape index (κ1) is 19.0. The van der Waals surface area contributed by atoms with Gasteiger partial charge in [-0.2, -0.15) is 8.42 Å². The van der Waals surface area contributed by atoms with E-state index < -0.39 is 10.1 Å². The lowest BCUT2D eigenvalue weighted by molar-refractivity contribution is 0.0532. The predicted molar refractivity (Wildman–Crippen MR) is 93.5 cm³/mol. The van der Waals surface area contributed by atoms with Crippen LogP contribution in [0.25, 0.3) is 0 Å². The maximum absolute atomic E-state index is 10.6. The van der Waals surface area contributed by atoms with Crippen molar-refractivity contribution in [1.82, 2.24) is 5.32 Å². The molecule has 1 unspecified atom stereocenters. The molecule has 6 nitrogen and oxygen atoms in total. The second-order valence-electron chi connectivity index (χ2n) is 6.83. The van der Waals surface area contributed by atoms with Gasteiger partial charge in [-0.05, 0) is 75.8 Å². The van der Waals surface area contributed by atoms with Crippen LogP contribution in [0.15, 0.2) is 6.07 Å². The molecule has 24 heavy (non-hydrogen) atoms. The molecule has 1 aliphatic heterocycles. The summed E-state index contributed by atoms with van der Waals surface area (Å²) in [6.07, 6.45) is 3.46. The highest BCUT2D eigenvalue weighted by molar-refractivity contribution is 7.85. The normalized spacial score (nSPS) is 20.5. The fraction of sp³-hybridized carbons (Fsp3) is 0.647. The summed E-state index contributed by atoms with van der Waals surface area (Å²) in [6, 6.07) is 1.80. The van der Waals surface area contributed by atoms with Gasteiger partial charge in [0.05, 0.1) is 5.75 Å². The number of aromatic hydroxyl groups is 1. The van der Waals surface area contributed by atoms with Crippen LogP contribution in [0.4, 0.5) is 0 Å². The minimum absolute atomic E-state index is 0.247. The molecule has 3 N–H and O–H groups in total. The number of fused-ring (bicyclic) bond motifs is 1. The number of ether oxygens (including phenoxy) is 1. The number of phenols is 1. The first-order valence-corrected chi connectivity index (χ1v) is 9.89. The molecule has 0 aromatic heterocycles. The SMILES string of the molecule is Cc1c(O)cc2c(c1C)OC(C)(CCCNCCS(=O)(=O)O)CC2. The van der Waals surface area contributed by atoms with E-state index in [1.54, 1.807) is 6.07 Å². The Morgan fingerprint density at radius 1 is 1.29 bits per heavy atom. The standard InChI is InChI=1S/C17H27NO5S/c1-12-13(2)16-14(11-15(12)19)5-7-17(3,23-16)6-4-8-18-9-10-24(20,21)22/h11,18-19H,4-10H2,1-3H3,(H,20,21,22). The van der Waals surface area contributed by atoms with Gasteiger partial charge in [0.25, 0.3) is 10.1 Å². The molecule has 1 aliphatic rings. The van der Waals surface area contributed by atoms with Crippen molar-refractivity contribution in [2.45, 2.75) is 52.1 Å². The first-order chi connectivity index (χ1) is 11.1. The maximum Gasteiger partial charge on any atom is 0.266 e. The van der Waals surface area contributed by atoms with Gasteiger partial charge in [-0.25, -0.2) is 0 Å². The lowest BCUT2D eigenvalue weighted by Gasteiger charge is -2.37. The highest BCUT2D eigenvalue weighted by Crippen LogP contribution is 2.41. The molecule has 7 heteroatoms. The van der Waals surface area contributed by atoms with Crippen LogP contribution < -0.4 is 10.1 Å². The average molecular weight is 357 g/mol. The minimum atomic E-state index is -3.90. The highest BCUT2D eigenvalue weighted by Gasteiger charge is 2.32. The molecular weight excluding hydrogens is 330 g/mol. The van der Waals surface area contributed by atoms with Gasteiger partial charge in [-0.15, -0.1) is 0 Å². The number of hydrogen-bond donors (Lipinski definition) is 3. The van der Waals surface area contributed by atoms with Gasteiger partial charge in [0.15, 0.2) is 0 Å². The molecule has 0 bridgehead atoms. The van der Waals surface area contributed by atoms with Crippen molar-refractivity contribution in [3.63, 3.8) is 0 Å². The summed E-state index contributed by atoms with van der Waals surface area (Å²) >= 11 is 0. The Kier molecular flexibility index (Phi) is 5.78. The minimum Gasteiger partial charge on any atom is -0.508 e. The third kappa shape index (κ3) is 4.84. The predicted octanol–water partition coefficient (Wildman–Crippen LogP) is 2.35. The van der Waals surface area contributed by atoms with E-state index in [0.29, 0.717) is 12.3 Å². The van der Waals surface area contributed by atoms with Crippen LogP contribution in [0.1, 0.15) is 42.9 Å². The number of hydrogen-bond acceptors (Lipinski definition) is 5. The Morgan fingerprint density at radius 2 is 2.00 bits per heavy atom. The first-order valence-electron chi connectivity index (χ1n) is 8.28. The van der Waals surface area contributed by atoms with Crippen molar-refractivity contribution in [2.24, 2.45) is 0 Å². The van der Waals surface area contributed by atoms with Crippen LogP contribution in [0, 0.1) is 13.8 Å². The Hall–Kier alpha value is -1.31. The van der Waals surface area contributed by atoms with Crippen molar-refractivity contribution in [3.05, 3.63) is 22.8 Å². The Morgan fingerprint density at radius 3 is 2.67 bits per heavy atom. The van der Waals surface area contributed by atoms with Gasteiger partial charge in [0.2, 0.25) is 0 Å². The zero-order chi connectivity index (χ0) is 18.0. The molecule has 1 heterocycles. The van der Waals surface area contributed by atoms with E-state index in [9.17, 15) is 13.5 Å². The average Bonchev–Trinajstić information content (AvgIpc) is 2.49. The third-order valence-corrected chi connectivity index (χ3v) is 5.48. The number of aryl methyl sites for hydroxylation is 1. The molecule has 1 atom stereocenters. The molecule has 136 valence electrons. The summed E-state index contributed by atoms with van der Waals surface area (Å²) in [5, 5.41) is 13.0. The molecule has 0 radical (unpaired) electrons. The molecular formula is C17H27NO5S. The van der Waals surface area contributed by atoms with Crippen LogP contribution in [0.3, 0.4) is 0 Å². The quantitative estimate of drug-likeness (QED) is 0.512. The largest absolute Gasteiger partial charge is 0.508 e. The van der Waals surface area contributed by atoms with Crippen LogP contribution in [-0.4, -0.2) is 42.5 Å². The third-order valence-electron chi connectivity index (χ3n) is 4.76. The lowest BCUT2D eigenvalue weighted by atomic mass is 9.87. The monoisotopic (exact) mass is 357 g/mol. The van der Waals surface area contributed by atoms with Gasteiger partial charge in [-0.1, -0.05) is 0 Å². The summed E-state index contributed by atoms with van der Waals surface area (Å²) in [7, 11) is -3.90. The van der Waals surface area contributed by atoms with Crippen molar-refractivity contribution in [2.75, 3.05) is 18.8 Å². The molecule has 0 saturated carbocycles. The van der Waals surface area contributed by atoms with E-state index in [1.807, 2.05) is 13.8 Å². The van der Waals surface area contributed by atoms with Crippen LogP contribution in [-0.2, 0) is 16.5 Å². The van der Waals surface area contributed by atoms with Gasteiger partial charge < -0.3 is 15.2 Å². The lowest BCUT2D eigenvalue weighted by Crippen LogP contribution is -2.37. The van der Waals surface area contributed by atoms with E-state index in [4.69, 9.17) is 9.29 Å². The molecule has 2 rings (SSSR count). The van der Waals surface area contributed by atoms with Crippen molar-refractivity contribution >= 4 is 10.1 Å². The summed E-state index contributed by atoms with van der Waals surface area (Å²) in [6.45, 7) is 6.87. The number of phenolic OH excluding ortho intramolecular Hbond substituents is 1. The second kappa shape index (κ2) is 7.29. The maximum atomic E-state index is 10.6. The molecule has 0 fully saturated rings. The zero-order valence-electron chi connectivity index (χ0n) is 14.6. The van der Waals surface area contributed by atoms with E-state index in [1.165, 1.54) is 0 Å². The zero-order valence-corrected chi connectivity index (χ0v) is 15.4. The van der Waals surface area contributed by atoms with Crippen LogP contribution >= 0.6 is 0 Å². The summed E-state index contributed by atoms with van der Waals surface area (Å²) < 4.78 is 36.2. The Bertz CT molecular complexity index is 701. The van der Waals surface area contributed by atoms with Crippen LogP contribution in [0.2, 0.25) is 0 Å². The fourth-order valence-electron chi connectivity index (χ4n) is 3.06. The summed E-state index contributed by atoms with van der Waals surface area (Å²) in [4.78, 5) is 0. The molecule has 0 spiro atoms. The number of nitrogens with one attached hydrogen (secondary N) is 1. The van der Waals surface area contributed by atoms with Crippen molar-refractivity contribution in [1.29, 1.82) is 0 Å². The Balaban J connectivity index is 1.88. The van der Waals surface area contributed by atoms with Gasteiger partial charge in [0, 0.05) is 6.54 Å². The van der Waals surface area contributed by atoms with E-state index in [-0.39, 0.29) is 17.9 Å². The smallest absolute Gasteiger partial charge is 0.266 e. The number of rotatable bonds is 7. The van der Waals surface area contributed by atoms with E-state index >= 15 is 0 Å². The Labute approximate surface area is 144 Å². The van der Waals surface area contributed by atoms with E-state index in [2.05, 4.69) is 12.2 Å². The summed E-state index contributed by atoms with van der Waals surface area (Å²) in [5.41, 5.74) is 2.64. The molecule has 1 aromatic rings. The van der Waals surface area contributed by atoms with Crippen molar-refractivity contribution < 1.29 is 22.8 Å². The molecule has 0 amide bonds. The second-order valence-corrected chi connectivity index (χ2v) is 8.40. The molecule has 1 aromatic carbocycles. The topological polar surface area (TPSA) is 95.9 Å². The van der Waals surface area contributed by atoms with Gasteiger partial charge >= 0.3 is 0 Å². The fourth-order valence-corrected chi connectivity index (χ4v) is 3.46. The molecule has 0 saturated heterocycles. The number of benzene rings is 1. The highest BCUT2D eigenvalue weighted by atomic mass is 32.2.